The minimum Gasteiger partial charge on any atom is -0.307 e. The van der Waals surface area contributed by atoms with Gasteiger partial charge in [0.2, 0.25) is 5.95 Å². The van der Waals surface area contributed by atoms with Gasteiger partial charge in [-0.05, 0) is 54.6 Å². The van der Waals surface area contributed by atoms with Crippen LogP contribution in [0.4, 0.5) is 0 Å². The minimum atomic E-state index is 0.636. The molecular formula is C47H28N6. The Balaban J connectivity index is 1.31. The fourth-order valence-electron chi connectivity index (χ4n) is 8.65. The van der Waals surface area contributed by atoms with Gasteiger partial charge in [-0.3, -0.25) is 8.97 Å². The lowest BCUT2D eigenvalue weighted by molar-refractivity contribution is 1.01. The van der Waals surface area contributed by atoms with E-state index in [0.29, 0.717) is 5.95 Å². The lowest BCUT2D eigenvalue weighted by atomic mass is 10.0. The molecule has 0 aliphatic rings. The van der Waals surface area contributed by atoms with E-state index in [0.717, 1.165) is 93.7 Å². The fourth-order valence-corrected chi connectivity index (χ4v) is 8.65. The first-order chi connectivity index (χ1) is 26.3. The van der Waals surface area contributed by atoms with Crippen LogP contribution in [0.5, 0.6) is 0 Å². The smallest absolute Gasteiger partial charge is 0.235 e. The van der Waals surface area contributed by atoms with E-state index in [-0.39, 0.29) is 0 Å². The van der Waals surface area contributed by atoms with Gasteiger partial charge in [-0.1, -0.05) is 115 Å². The van der Waals surface area contributed by atoms with E-state index < -0.39 is 0 Å². The number of hydrogen-bond acceptors (Lipinski definition) is 3. The molecule has 12 rings (SSSR count). The first-order valence-electron chi connectivity index (χ1n) is 17.9. The summed E-state index contributed by atoms with van der Waals surface area (Å²) >= 11 is 0. The SMILES string of the molecule is c1ccc(-c2nc(-n3c4ccccc4c4c5c(ccc43)c3c(c4ccccc4n3-c3ccccc3)n3c4ccccc4nc53)nc3ccccc23)cc1. The fraction of sp³-hybridized carbons (Fsp3) is 0. The van der Waals surface area contributed by atoms with Crippen molar-refractivity contribution in [3.05, 3.63) is 170 Å². The van der Waals surface area contributed by atoms with Crippen molar-refractivity contribution >= 4 is 82.1 Å². The van der Waals surface area contributed by atoms with E-state index in [2.05, 4.69) is 171 Å². The summed E-state index contributed by atoms with van der Waals surface area (Å²) in [6, 6.07) is 59.8. The van der Waals surface area contributed by atoms with Gasteiger partial charge >= 0.3 is 0 Å². The van der Waals surface area contributed by atoms with Gasteiger partial charge in [0.05, 0.1) is 49.8 Å². The molecule has 6 heteroatoms. The standard InChI is InChI=1S/C47H28N6/c1-3-15-29(16-4-1)43-31-19-7-10-22-35(31)49-47(50-43)52-37-24-12-8-20-32(37)41-40(52)28-27-34-42(41)46-48-36-23-11-14-26-39(36)53(46)44-33-21-9-13-25-38(33)51(45(34)44)30-17-5-2-6-18-30/h1-28H. The Labute approximate surface area is 302 Å². The molecule has 0 aliphatic carbocycles. The summed E-state index contributed by atoms with van der Waals surface area (Å²) < 4.78 is 7.05. The molecule has 0 atom stereocenters. The molecule has 5 heterocycles. The van der Waals surface area contributed by atoms with Crippen molar-refractivity contribution in [3.8, 4) is 22.9 Å². The number of para-hydroxylation sites is 6. The molecule has 0 saturated carbocycles. The highest BCUT2D eigenvalue weighted by Gasteiger charge is 2.25. The van der Waals surface area contributed by atoms with Crippen LogP contribution in [-0.4, -0.2) is 28.5 Å². The largest absolute Gasteiger partial charge is 0.307 e. The molecule has 0 saturated heterocycles. The van der Waals surface area contributed by atoms with E-state index in [4.69, 9.17) is 15.0 Å². The Bertz CT molecular complexity index is 3450. The number of rotatable bonds is 3. The van der Waals surface area contributed by atoms with Crippen LogP contribution in [0, 0.1) is 0 Å². The molecule has 246 valence electrons. The average Bonchev–Trinajstić information content (AvgIpc) is 3.89. The second-order valence-corrected chi connectivity index (χ2v) is 13.6. The third-order valence-corrected chi connectivity index (χ3v) is 10.8. The average molecular weight is 677 g/mol. The predicted octanol–water partition coefficient (Wildman–Crippen LogP) is 11.4. The van der Waals surface area contributed by atoms with Gasteiger partial charge in [0, 0.05) is 43.6 Å². The molecule has 53 heavy (non-hydrogen) atoms. The van der Waals surface area contributed by atoms with Gasteiger partial charge in [-0.25, -0.2) is 15.0 Å². The summed E-state index contributed by atoms with van der Waals surface area (Å²) in [4.78, 5) is 16.0. The number of fused-ring (bicyclic) bond motifs is 15. The summed E-state index contributed by atoms with van der Waals surface area (Å²) in [6.45, 7) is 0. The second kappa shape index (κ2) is 10.6. The Morgan fingerprint density at radius 1 is 0.358 bits per heavy atom. The maximum Gasteiger partial charge on any atom is 0.235 e. The Hall–Kier alpha value is -7.31. The zero-order valence-corrected chi connectivity index (χ0v) is 28.3. The van der Waals surface area contributed by atoms with Gasteiger partial charge in [-0.15, -0.1) is 0 Å². The molecule has 7 aromatic carbocycles. The van der Waals surface area contributed by atoms with Crippen LogP contribution < -0.4 is 0 Å². The minimum absolute atomic E-state index is 0.636. The zero-order valence-electron chi connectivity index (χ0n) is 28.3. The molecule has 0 aliphatic heterocycles. The van der Waals surface area contributed by atoms with Crippen molar-refractivity contribution < 1.29 is 0 Å². The molecule has 0 amide bonds. The second-order valence-electron chi connectivity index (χ2n) is 13.6. The molecule has 0 spiro atoms. The van der Waals surface area contributed by atoms with Crippen LogP contribution in [0.3, 0.4) is 0 Å². The number of nitrogens with zero attached hydrogens (tertiary/aromatic N) is 6. The van der Waals surface area contributed by atoms with Crippen LogP contribution in [0.1, 0.15) is 0 Å². The first kappa shape index (κ1) is 28.4. The Kier molecular flexibility index (Phi) is 5.68. The summed E-state index contributed by atoms with van der Waals surface area (Å²) in [6.07, 6.45) is 0. The lowest BCUT2D eigenvalue weighted by Gasteiger charge is -2.13. The van der Waals surface area contributed by atoms with E-state index >= 15 is 0 Å². The Morgan fingerprint density at radius 2 is 0.981 bits per heavy atom. The van der Waals surface area contributed by atoms with Gasteiger partial charge in [0.1, 0.15) is 5.65 Å². The van der Waals surface area contributed by atoms with E-state index in [1.165, 1.54) is 5.39 Å². The van der Waals surface area contributed by atoms with Crippen molar-refractivity contribution in [2.75, 3.05) is 0 Å². The summed E-state index contributed by atoms with van der Waals surface area (Å²) in [5.41, 5.74) is 12.5. The van der Waals surface area contributed by atoms with E-state index in [1.807, 2.05) is 12.1 Å². The van der Waals surface area contributed by atoms with E-state index in [9.17, 15) is 0 Å². The molecule has 5 aromatic heterocycles. The zero-order chi connectivity index (χ0) is 34.6. The number of pyridine rings is 1. The highest BCUT2D eigenvalue weighted by molar-refractivity contribution is 6.31. The summed E-state index contributed by atoms with van der Waals surface area (Å²) in [5, 5.41) is 6.70. The van der Waals surface area contributed by atoms with Crippen molar-refractivity contribution in [3.63, 3.8) is 0 Å². The van der Waals surface area contributed by atoms with Crippen LogP contribution >= 0.6 is 0 Å². The maximum absolute atomic E-state index is 5.43. The maximum atomic E-state index is 5.43. The Morgan fingerprint density at radius 3 is 1.77 bits per heavy atom. The van der Waals surface area contributed by atoms with Crippen LogP contribution in [0.15, 0.2) is 170 Å². The van der Waals surface area contributed by atoms with Crippen molar-refractivity contribution in [2.24, 2.45) is 0 Å². The first-order valence-corrected chi connectivity index (χ1v) is 17.9. The monoisotopic (exact) mass is 676 g/mol. The van der Waals surface area contributed by atoms with Gasteiger partial charge in [-0.2, -0.15) is 0 Å². The quantitative estimate of drug-likeness (QED) is 0.187. The summed E-state index contributed by atoms with van der Waals surface area (Å²) in [7, 11) is 0. The highest BCUT2D eigenvalue weighted by atomic mass is 15.2. The van der Waals surface area contributed by atoms with Crippen LogP contribution in [-0.2, 0) is 0 Å². The number of imidazole rings is 1. The molecule has 6 nitrogen and oxygen atoms in total. The number of hydrogen-bond donors (Lipinski definition) is 0. The lowest BCUT2D eigenvalue weighted by Crippen LogP contribution is -2.03. The molecule has 12 aromatic rings. The predicted molar refractivity (Wildman–Crippen MR) is 217 cm³/mol. The van der Waals surface area contributed by atoms with Crippen molar-refractivity contribution in [1.29, 1.82) is 0 Å². The molecule has 0 unspecified atom stereocenters. The number of benzene rings is 7. The molecular weight excluding hydrogens is 649 g/mol. The molecule has 0 radical (unpaired) electrons. The highest BCUT2D eigenvalue weighted by Crippen LogP contribution is 2.45. The normalized spacial score (nSPS) is 12.2. The van der Waals surface area contributed by atoms with Crippen LogP contribution in [0.2, 0.25) is 0 Å². The summed E-state index contributed by atoms with van der Waals surface area (Å²) in [5.74, 6) is 0.636. The topological polar surface area (TPSA) is 52.9 Å². The molecule has 0 N–H and O–H groups in total. The van der Waals surface area contributed by atoms with Gasteiger partial charge < -0.3 is 4.57 Å². The van der Waals surface area contributed by atoms with Gasteiger partial charge in [0.15, 0.2) is 0 Å². The van der Waals surface area contributed by atoms with Crippen molar-refractivity contribution in [2.45, 2.75) is 0 Å². The molecule has 0 fully saturated rings. The third kappa shape index (κ3) is 3.84. The van der Waals surface area contributed by atoms with Gasteiger partial charge in [0.25, 0.3) is 0 Å². The third-order valence-electron chi connectivity index (χ3n) is 10.8. The van der Waals surface area contributed by atoms with E-state index in [1.54, 1.807) is 0 Å². The molecule has 0 bridgehead atoms. The van der Waals surface area contributed by atoms with Crippen LogP contribution in [0.25, 0.3) is 105 Å². The number of aromatic nitrogens is 6. The van der Waals surface area contributed by atoms with Crippen molar-refractivity contribution in [1.82, 2.24) is 28.5 Å².